The minimum atomic E-state index is 0.209. The van der Waals surface area contributed by atoms with Crippen molar-refractivity contribution in [3.8, 4) is 0 Å². The molecule has 0 N–H and O–H groups in total. The van der Waals surface area contributed by atoms with Crippen molar-refractivity contribution in [1.82, 2.24) is 4.90 Å². The van der Waals surface area contributed by atoms with Crippen molar-refractivity contribution in [2.45, 2.75) is 18.9 Å². The number of carbonyl (C=O) groups excluding carboxylic acids is 1. The molecule has 0 bridgehead atoms. The minimum Gasteiger partial charge on any atom is -0.334 e. The first-order chi connectivity index (χ1) is 8.29. The van der Waals surface area contributed by atoms with Crippen LogP contribution in [-0.2, 0) is 0 Å². The lowest BCUT2D eigenvalue weighted by Gasteiger charge is -2.22. The molecule has 0 aliphatic carbocycles. The molecule has 90 valence electrons. The third kappa shape index (κ3) is 2.04. The topological polar surface area (TPSA) is 20.3 Å². The maximum absolute atomic E-state index is 12.4. The smallest absolute Gasteiger partial charge is 0.264 e. The molecule has 1 aliphatic heterocycles. The number of rotatable bonds is 2. The molecule has 17 heavy (non-hydrogen) atoms. The van der Waals surface area contributed by atoms with Gasteiger partial charge in [0.25, 0.3) is 5.91 Å². The third-order valence-corrected chi connectivity index (χ3v) is 6.00. The summed E-state index contributed by atoms with van der Waals surface area (Å²) in [5, 5.41) is 2.96. The number of alkyl halides is 1. The molecule has 0 radical (unpaired) electrons. The first kappa shape index (κ1) is 11.7. The average molecular weight is 330 g/mol. The Morgan fingerprint density at radius 1 is 1.53 bits per heavy atom. The lowest BCUT2D eigenvalue weighted by molar-refractivity contribution is 0.0755. The van der Waals surface area contributed by atoms with Crippen LogP contribution in [-0.4, -0.2) is 28.7 Å². The molecule has 1 fully saturated rings. The Balaban J connectivity index is 1.88. The third-order valence-electron chi connectivity index (χ3n) is 3.17. The second-order valence-corrected chi connectivity index (χ2v) is 6.89. The summed E-state index contributed by atoms with van der Waals surface area (Å²) in [6.07, 6.45) is 2.25. The summed E-state index contributed by atoms with van der Waals surface area (Å²) < 4.78 is 2.46. The van der Waals surface area contributed by atoms with Crippen molar-refractivity contribution in [3.63, 3.8) is 0 Å². The van der Waals surface area contributed by atoms with E-state index in [0.717, 1.165) is 29.6 Å². The summed E-state index contributed by atoms with van der Waals surface area (Å²) in [7, 11) is 0. The maximum atomic E-state index is 12.4. The molecule has 3 rings (SSSR count). The van der Waals surface area contributed by atoms with Crippen molar-refractivity contribution in [2.24, 2.45) is 0 Å². The Hall–Kier alpha value is -0.390. The number of fused-ring (bicyclic) bond motifs is 1. The van der Waals surface area contributed by atoms with E-state index < -0.39 is 0 Å². The molecule has 1 atom stereocenters. The Kier molecular flexibility index (Phi) is 3.23. The van der Waals surface area contributed by atoms with Gasteiger partial charge in [-0.2, -0.15) is 0 Å². The molecule has 0 spiro atoms. The Labute approximate surface area is 116 Å². The summed E-state index contributed by atoms with van der Waals surface area (Å²) in [6, 6.07) is 4.51. The normalized spacial score (nSPS) is 20.3. The summed E-state index contributed by atoms with van der Waals surface area (Å²) >= 11 is 6.82. The molecule has 2 nitrogen and oxygen atoms in total. The fraction of sp³-hybridized carbons (Fsp3) is 0.417. The molecule has 1 aliphatic rings. The SMILES string of the molecule is O=C(c1cc2sccc2s1)N1CCCC1CBr. The van der Waals surface area contributed by atoms with Gasteiger partial charge < -0.3 is 4.90 Å². The van der Waals surface area contributed by atoms with Gasteiger partial charge >= 0.3 is 0 Å². The van der Waals surface area contributed by atoms with Crippen LogP contribution in [0.25, 0.3) is 9.40 Å². The average Bonchev–Trinajstić information content (AvgIpc) is 3.02. The van der Waals surface area contributed by atoms with Gasteiger partial charge in [0.15, 0.2) is 0 Å². The van der Waals surface area contributed by atoms with Crippen LogP contribution in [0.2, 0.25) is 0 Å². The highest BCUT2D eigenvalue weighted by molar-refractivity contribution is 9.09. The van der Waals surface area contributed by atoms with Crippen LogP contribution in [0.1, 0.15) is 22.5 Å². The second kappa shape index (κ2) is 4.71. The number of amides is 1. The van der Waals surface area contributed by atoms with Gasteiger partial charge in [0, 0.05) is 27.3 Å². The molecular formula is C12H12BrNOS2. The minimum absolute atomic E-state index is 0.209. The van der Waals surface area contributed by atoms with Gasteiger partial charge in [-0.05, 0) is 30.4 Å². The van der Waals surface area contributed by atoms with Crippen molar-refractivity contribution < 1.29 is 4.79 Å². The van der Waals surface area contributed by atoms with Crippen LogP contribution in [0.5, 0.6) is 0 Å². The number of thiophene rings is 2. The molecule has 0 aromatic carbocycles. The van der Waals surface area contributed by atoms with Crippen LogP contribution in [0, 0.1) is 0 Å². The number of nitrogens with zero attached hydrogens (tertiary/aromatic N) is 1. The zero-order valence-electron chi connectivity index (χ0n) is 9.19. The fourth-order valence-electron chi connectivity index (χ4n) is 2.28. The molecular weight excluding hydrogens is 318 g/mol. The summed E-state index contributed by atoms with van der Waals surface area (Å²) in [5.74, 6) is 0.209. The van der Waals surface area contributed by atoms with E-state index in [1.54, 1.807) is 22.7 Å². The zero-order valence-corrected chi connectivity index (χ0v) is 12.4. The van der Waals surface area contributed by atoms with E-state index in [4.69, 9.17) is 0 Å². The highest BCUT2D eigenvalue weighted by Gasteiger charge is 2.29. The largest absolute Gasteiger partial charge is 0.334 e. The van der Waals surface area contributed by atoms with Crippen LogP contribution in [0.15, 0.2) is 17.5 Å². The summed E-state index contributed by atoms with van der Waals surface area (Å²) in [5.41, 5.74) is 0. The van der Waals surface area contributed by atoms with Crippen molar-refractivity contribution in [1.29, 1.82) is 0 Å². The van der Waals surface area contributed by atoms with Gasteiger partial charge in [-0.15, -0.1) is 22.7 Å². The molecule has 3 heterocycles. The first-order valence-electron chi connectivity index (χ1n) is 5.63. The van der Waals surface area contributed by atoms with Gasteiger partial charge in [0.05, 0.1) is 4.88 Å². The number of hydrogen-bond donors (Lipinski definition) is 0. The number of likely N-dealkylation sites (tertiary alicyclic amines) is 1. The molecule has 2 aromatic heterocycles. The monoisotopic (exact) mass is 329 g/mol. The van der Waals surface area contributed by atoms with Crippen LogP contribution in [0.3, 0.4) is 0 Å². The van der Waals surface area contributed by atoms with Crippen molar-refractivity contribution in [2.75, 3.05) is 11.9 Å². The quantitative estimate of drug-likeness (QED) is 0.763. The molecule has 5 heteroatoms. The molecule has 0 saturated carbocycles. The van der Waals surface area contributed by atoms with Gasteiger partial charge in [0.1, 0.15) is 0 Å². The highest BCUT2D eigenvalue weighted by atomic mass is 79.9. The molecule has 1 saturated heterocycles. The van der Waals surface area contributed by atoms with Gasteiger partial charge in [-0.3, -0.25) is 4.79 Å². The van der Waals surface area contributed by atoms with E-state index >= 15 is 0 Å². The van der Waals surface area contributed by atoms with E-state index in [2.05, 4.69) is 27.4 Å². The van der Waals surface area contributed by atoms with Crippen LogP contribution < -0.4 is 0 Å². The van der Waals surface area contributed by atoms with E-state index in [9.17, 15) is 4.79 Å². The lowest BCUT2D eigenvalue weighted by Crippen LogP contribution is -2.35. The first-order valence-corrected chi connectivity index (χ1v) is 8.45. The number of carbonyl (C=O) groups is 1. The van der Waals surface area contributed by atoms with Gasteiger partial charge in [-0.1, -0.05) is 15.9 Å². The number of hydrogen-bond acceptors (Lipinski definition) is 3. The van der Waals surface area contributed by atoms with Crippen molar-refractivity contribution >= 4 is 53.9 Å². The van der Waals surface area contributed by atoms with Gasteiger partial charge in [0.2, 0.25) is 0 Å². The van der Waals surface area contributed by atoms with E-state index in [1.165, 1.54) is 9.40 Å². The molecule has 1 amide bonds. The van der Waals surface area contributed by atoms with E-state index in [0.29, 0.717) is 6.04 Å². The van der Waals surface area contributed by atoms with E-state index in [1.807, 2.05) is 11.0 Å². The van der Waals surface area contributed by atoms with Gasteiger partial charge in [-0.25, -0.2) is 0 Å². The molecule has 1 unspecified atom stereocenters. The Bertz CT molecular complexity index is 519. The van der Waals surface area contributed by atoms with Crippen LogP contribution in [0.4, 0.5) is 0 Å². The van der Waals surface area contributed by atoms with Crippen LogP contribution >= 0.6 is 38.6 Å². The second-order valence-electron chi connectivity index (χ2n) is 4.21. The van der Waals surface area contributed by atoms with Crippen molar-refractivity contribution in [3.05, 3.63) is 22.4 Å². The standard InChI is InChI=1S/C12H12BrNOS2/c13-7-8-2-1-4-14(8)12(15)11-6-10-9(17-11)3-5-16-10/h3,5-6,8H,1-2,4,7H2. The summed E-state index contributed by atoms with van der Waals surface area (Å²) in [6.45, 7) is 0.903. The Morgan fingerprint density at radius 3 is 3.18 bits per heavy atom. The van der Waals surface area contributed by atoms with E-state index in [-0.39, 0.29) is 5.91 Å². The molecule has 2 aromatic rings. The maximum Gasteiger partial charge on any atom is 0.264 e. The fourth-order valence-corrected chi connectivity index (χ4v) is 5.01. The zero-order chi connectivity index (χ0) is 11.8. The number of halogens is 1. The highest BCUT2D eigenvalue weighted by Crippen LogP contribution is 2.32. The predicted molar refractivity (Wildman–Crippen MR) is 77.6 cm³/mol. The Morgan fingerprint density at radius 2 is 2.41 bits per heavy atom. The lowest BCUT2D eigenvalue weighted by atomic mass is 10.2. The predicted octanol–water partition coefficient (Wildman–Crippen LogP) is 3.96. The summed E-state index contributed by atoms with van der Waals surface area (Å²) in [4.78, 5) is 15.3.